The summed E-state index contributed by atoms with van der Waals surface area (Å²) < 4.78 is 1.63. The Bertz CT molecular complexity index is 495. The lowest BCUT2D eigenvalue weighted by Gasteiger charge is -2.30. The van der Waals surface area contributed by atoms with Crippen molar-refractivity contribution < 1.29 is 9.90 Å². The fourth-order valence-electron chi connectivity index (χ4n) is 2.88. The van der Waals surface area contributed by atoms with Gasteiger partial charge in [0.2, 0.25) is 0 Å². The van der Waals surface area contributed by atoms with Gasteiger partial charge in [-0.3, -0.25) is 9.48 Å². The smallest absolute Gasteiger partial charge is 0.269 e. The van der Waals surface area contributed by atoms with E-state index >= 15 is 0 Å². The molecule has 0 aromatic carbocycles. The first kappa shape index (κ1) is 15.0. The minimum absolute atomic E-state index is 0.0393. The van der Waals surface area contributed by atoms with Crippen LogP contribution >= 0.6 is 0 Å². The number of aromatic nitrogens is 2. The van der Waals surface area contributed by atoms with Gasteiger partial charge < -0.3 is 10.4 Å². The van der Waals surface area contributed by atoms with Gasteiger partial charge in [-0.25, -0.2) is 0 Å². The third-order valence-electron chi connectivity index (χ3n) is 4.47. The Labute approximate surface area is 120 Å². The summed E-state index contributed by atoms with van der Waals surface area (Å²) in [7, 11) is 1.79. The third kappa shape index (κ3) is 2.73. The number of rotatable bonds is 4. The highest BCUT2D eigenvalue weighted by Gasteiger charge is 2.39. The highest BCUT2D eigenvalue weighted by Crippen LogP contribution is 2.37. The van der Waals surface area contributed by atoms with Crippen LogP contribution in [0.3, 0.4) is 0 Å². The maximum absolute atomic E-state index is 12.4. The van der Waals surface area contributed by atoms with Crippen LogP contribution in [0.4, 0.5) is 0 Å². The third-order valence-corrected chi connectivity index (χ3v) is 4.47. The predicted octanol–water partition coefficient (Wildman–Crippen LogP) is 1.82. The number of hydrogen-bond donors (Lipinski definition) is 2. The van der Waals surface area contributed by atoms with Crippen LogP contribution in [0, 0.1) is 5.41 Å². The Morgan fingerprint density at radius 3 is 2.90 bits per heavy atom. The van der Waals surface area contributed by atoms with Gasteiger partial charge in [-0.1, -0.05) is 27.2 Å². The van der Waals surface area contributed by atoms with E-state index in [0.29, 0.717) is 11.6 Å². The van der Waals surface area contributed by atoms with Gasteiger partial charge in [-0.2, -0.15) is 5.10 Å². The number of aliphatic hydroxyl groups is 1. The van der Waals surface area contributed by atoms with Crippen molar-refractivity contribution in [3.63, 3.8) is 0 Å². The minimum Gasteiger partial charge on any atom is -0.396 e. The van der Waals surface area contributed by atoms with Gasteiger partial charge in [-0.05, 0) is 24.8 Å². The number of amides is 1. The molecule has 1 aromatic rings. The summed E-state index contributed by atoms with van der Waals surface area (Å²) in [6, 6.07) is 1.89. The van der Waals surface area contributed by atoms with Crippen molar-refractivity contribution in [2.24, 2.45) is 12.5 Å². The molecular weight excluding hydrogens is 254 g/mol. The molecule has 0 aliphatic heterocycles. The van der Waals surface area contributed by atoms with E-state index in [0.717, 1.165) is 25.0 Å². The molecule has 2 rings (SSSR count). The topological polar surface area (TPSA) is 67.2 Å². The predicted molar refractivity (Wildman–Crippen MR) is 77.6 cm³/mol. The molecule has 1 aliphatic rings. The van der Waals surface area contributed by atoms with Gasteiger partial charge >= 0.3 is 0 Å². The SMILES string of the molecule is CC(C)c1cc(C(=O)NC2CCCC2(C)CO)n(C)n1. The molecule has 20 heavy (non-hydrogen) atoms. The second-order valence-electron chi connectivity index (χ2n) is 6.46. The lowest BCUT2D eigenvalue weighted by atomic mass is 9.86. The van der Waals surface area contributed by atoms with E-state index in [9.17, 15) is 9.90 Å². The van der Waals surface area contributed by atoms with Gasteiger partial charge in [0.1, 0.15) is 5.69 Å². The zero-order valence-corrected chi connectivity index (χ0v) is 12.8. The van der Waals surface area contributed by atoms with Gasteiger partial charge in [0.25, 0.3) is 5.91 Å². The fourth-order valence-corrected chi connectivity index (χ4v) is 2.88. The monoisotopic (exact) mass is 279 g/mol. The molecule has 0 bridgehead atoms. The normalized spacial score (nSPS) is 26.2. The van der Waals surface area contributed by atoms with Gasteiger partial charge in [0.15, 0.2) is 0 Å². The summed E-state index contributed by atoms with van der Waals surface area (Å²) in [6.07, 6.45) is 2.93. The van der Waals surface area contributed by atoms with Crippen molar-refractivity contribution in [2.75, 3.05) is 6.61 Å². The first-order chi connectivity index (χ1) is 9.37. The minimum atomic E-state index is -0.199. The zero-order chi connectivity index (χ0) is 14.9. The van der Waals surface area contributed by atoms with E-state index in [1.54, 1.807) is 11.7 Å². The van der Waals surface area contributed by atoms with E-state index in [1.807, 2.05) is 13.0 Å². The summed E-state index contributed by atoms with van der Waals surface area (Å²) in [5.74, 6) is 0.204. The fraction of sp³-hybridized carbons (Fsp3) is 0.733. The number of carbonyl (C=O) groups excluding carboxylic acids is 1. The number of hydrogen-bond acceptors (Lipinski definition) is 3. The van der Waals surface area contributed by atoms with Crippen molar-refractivity contribution >= 4 is 5.91 Å². The highest BCUT2D eigenvalue weighted by atomic mass is 16.3. The summed E-state index contributed by atoms with van der Waals surface area (Å²) in [4.78, 5) is 12.4. The molecule has 1 aromatic heterocycles. The van der Waals surface area contributed by atoms with Crippen LogP contribution in [-0.4, -0.2) is 33.4 Å². The first-order valence-electron chi connectivity index (χ1n) is 7.33. The first-order valence-corrected chi connectivity index (χ1v) is 7.33. The lowest BCUT2D eigenvalue weighted by molar-refractivity contribution is 0.0822. The molecule has 1 saturated carbocycles. The van der Waals surface area contributed by atoms with E-state index < -0.39 is 0 Å². The quantitative estimate of drug-likeness (QED) is 0.883. The lowest BCUT2D eigenvalue weighted by Crippen LogP contribution is -2.45. The zero-order valence-electron chi connectivity index (χ0n) is 12.8. The van der Waals surface area contributed by atoms with Crippen molar-refractivity contribution in [3.8, 4) is 0 Å². The Morgan fingerprint density at radius 1 is 1.65 bits per heavy atom. The summed E-state index contributed by atoms with van der Waals surface area (Å²) in [6.45, 7) is 6.27. The second kappa shape index (κ2) is 5.56. The standard InChI is InChI=1S/C15H25N3O2/c1-10(2)11-8-12(18(4)17-11)14(20)16-13-6-5-7-15(13,3)9-19/h8,10,13,19H,5-7,9H2,1-4H3,(H,16,20). The summed E-state index contributed by atoms with van der Waals surface area (Å²) in [5.41, 5.74) is 1.31. The molecule has 5 heteroatoms. The summed E-state index contributed by atoms with van der Waals surface area (Å²) in [5, 5.41) is 17.0. The van der Waals surface area contributed by atoms with Crippen molar-refractivity contribution in [2.45, 2.75) is 52.0 Å². The average molecular weight is 279 g/mol. The Balaban J connectivity index is 2.12. The number of carbonyl (C=O) groups is 1. The average Bonchev–Trinajstić information content (AvgIpc) is 2.94. The van der Waals surface area contributed by atoms with Crippen molar-refractivity contribution in [1.82, 2.24) is 15.1 Å². The Morgan fingerprint density at radius 2 is 2.35 bits per heavy atom. The van der Waals surface area contributed by atoms with Crippen LogP contribution in [0.5, 0.6) is 0 Å². The summed E-state index contributed by atoms with van der Waals surface area (Å²) >= 11 is 0. The van der Waals surface area contributed by atoms with Crippen LogP contribution in [0.2, 0.25) is 0 Å². The Kier molecular flexibility index (Phi) is 4.18. The molecule has 2 N–H and O–H groups in total. The molecule has 2 atom stereocenters. The maximum Gasteiger partial charge on any atom is 0.269 e. The molecule has 1 fully saturated rings. The van der Waals surface area contributed by atoms with Crippen molar-refractivity contribution in [3.05, 3.63) is 17.5 Å². The number of aryl methyl sites for hydroxylation is 1. The Hall–Kier alpha value is -1.36. The maximum atomic E-state index is 12.4. The van der Waals surface area contributed by atoms with E-state index in [1.165, 1.54) is 0 Å². The second-order valence-corrected chi connectivity index (χ2v) is 6.46. The molecule has 5 nitrogen and oxygen atoms in total. The van der Waals surface area contributed by atoms with Crippen LogP contribution in [0.1, 0.15) is 62.1 Å². The largest absolute Gasteiger partial charge is 0.396 e. The number of nitrogens with zero attached hydrogens (tertiary/aromatic N) is 2. The van der Waals surface area contributed by atoms with Gasteiger partial charge in [0.05, 0.1) is 12.3 Å². The van der Waals surface area contributed by atoms with Gasteiger partial charge in [0, 0.05) is 18.5 Å². The number of aliphatic hydroxyl groups excluding tert-OH is 1. The van der Waals surface area contributed by atoms with Crippen LogP contribution < -0.4 is 5.32 Å². The number of nitrogens with one attached hydrogen (secondary N) is 1. The molecule has 0 saturated heterocycles. The van der Waals surface area contributed by atoms with Gasteiger partial charge in [-0.15, -0.1) is 0 Å². The van der Waals surface area contributed by atoms with E-state index in [4.69, 9.17) is 0 Å². The molecule has 1 amide bonds. The molecule has 1 heterocycles. The van der Waals surface area contributed by atoms with Crippen LogP contribution in [-0.2, 0) is 7.05 Å². The van der Waals surface area contributed by atoms with Crippen LogP contribution in [0.25, 0.3) is 0 Å². The molecule has 0 spiro atoms. The van der Waals surface area contributed by atoms with E-state index in [-0.39, 0.29) is 24.0 Å². The van der Waals surface area contributed by atoms with Crippen LogP contribution in [0.15, 0.2) is 6.07 Å². The molecule has 112 valence electrons. The molecule has 2 unspecified atom stereocenters. The van der Waals surface area contributed by atoms with Crippen molar-refractivity contribution in [1.29, 1.82) is 0 Å². The molecular formula is C15H25N3O2. The van der Waals surface area contributed by atoms with E-state index in [2.05, 4.69) is 24.3 Å². The highest BCUT2D eigenvalue weighted by molar-refractivity contribution is 5.93. The molecule has 0 radical (unpaired) electrons. The molecule has 1 aliphatic carbocycles.